The zero-order valence-corrected chi connectivity index (χ0v) is 23.2. The van der Waals surface area contributed by atoms with Crippen LogP contribution in [0.2, 0.25) is 0 Å². The molecule has 4 aromatic rings. The van der Waals surface area contributed by atoms with Crippen molar-refractivity contribution in [2.24, 2.45) is 5.73 Å². The molecule has 1 aliphatic rings. The number of aromatic nitrogens is 1. The van der Waals surface area contributed by atoms with Crippen molar-refractivity contribution < 1.29 is 28.0 Å². The van der Waals surface area contributed by atoms with Gasteiger partial charge in [-0.2, -0.15) is 0 Å². The Bertz CT molecular complexity index is 2020. The van der Waals surface area contributed by atoms with Gasteiger partial charge >= 0.3 is 5.97 Å². The molecule has 0 saturated carbocycles. The van der Waals surface area contributed by atoms with Crippen molar-refractivity contribution in [3.8, 4) is 0 Å². The first-order chi connectivity index (χ1) is 20.6. The highest BCUT2D eigenvalue weighted by Gasteiger charge is 2.40. The lowest BCUT2D eigenvalue weighted by atomic mass is 9.82. The molecule has 5 rings (SSSR count). The molecule has 0 saturated heterocycles. The fourth-order valence-corrected chi connectivity index (χ4v) is 5.89. The highest BCUT2D eigenvalue weighted by atomic mass is 32.1. The summed E-state index contributed by atoms with van der Waals surface area (Å²) in [6, 6.07) is 16.2. The van der Waals surface area contributed by atoms with E-state index in [0.29, 0.717) is 0 Å². The molecule has 1 amide bonds. The van der Waals surface area contributed by atoms with Crippen LogP contribution in [0.15, 0.2) is 83.2 Å². The van der Waals surface area contributed by atoms with E-state index < -0.39 is 39.9 Å². The van der Waals surface area contributed by atoms with E-state index in [1.807, 2.05) is 0 Å². The van der Waals surface area contributed by atoms with Crippen LogP contribution in [-0.2, 0) is 14.3 Å². The quantitative estimate of drug-likeness (QED) is 0.187. The molecule has 3 N–H and O–H groups in total. The van der Waals surface area contributed by atoms with Crippen molar-refractivity contribution in [1.82, 2.24) is 4.57 Å². The second-order valence-electron chi connectivity index (χ2n) is 9.23. The number of nitrogens with one attached hydrogen (secondary N) is 1. The molecule has 1 atom stereocenters. The topological polar surface area (TPSA) is 147 Å². The van der Waals surface area contributed by atoms with E-state index in [1.54, 1.807) is 13.0 Å². The first kappa shape index (κ1) is 29.1. The number of thiazole rings is 1. The molecule has 43 heavy (non-hydrogen) atoms. The summed E-state index contributed by atoms with van der Waals surface area (Å²) in [5, 5.41) is 13.9. The summed E-state index contributed by atoms with van der Waals surface area (Å²) in [6.45, 7) is 1.45. The molecule has 1 aliphatic heterocycles. The van der Waals surface area contributed by atoms with E-state index in [4.69, 9.17) is 10.5 Å². The van der Waals surface area contributed by atoms with E-state index in [1.165, 1.54) is 60.7 Å². The number of esters is 1. The molecular formula is C30H22F2N4O6S. The van der Waals surface area contributed by atoms with Crippen LogP contribution in [0.5, 0.6) is 0 Å². The molecule has 0 spiro atoms. The number of halogens is 2. The Balaban J connectivity index is 1.85. The van der Waals surface area contributed by atoms with Gasteiger partial charge in [0, 0.05) is 28.9 Å². The molecular weight excluding hydrogens is 582 g/mol. The highest BCUT2D eigenvalue weighted by Crippen LogP contribution is 2.39. The summed E-state index contributed by atoms with van der Waals surface area (Å²) >= 11 is 0.789. The maximum atomic E-state index is 15.4. The van der Waals surface area contributed by atoms with Crippen LogP contribution in [0.25, 0.3) is 17.5 Å². The number of ether oxygens (including phenoxy) is 1. The monoisotopic (exact) mass is 604 g/mol. The number of nitro groups is 1. The Morgan fingerprint density at radius 1 is 1.07 bits per heavy atom. The van der Waals surface area contributed by atoms with Crippen LogP contribution in [0.3, 0.4) is 0 Å². The minimum absolute atomic E-state index is 0.0268. The predicted molar refractivity (Wildman–Crippen MR) is 156 cm³/mol. The van der Waals surface area contributed by atoms with Crippen molar-refractivity contribution in [1.29, 1.82) is 0 Å². The Labute approximate surface area is 245 Å². The maximum absolute atomic E-state index is 15.4. The number of nitrogens with two attached hydrogens (primary N) is 1. The SMILES string of the molecule is CCOC(=O)C1=C(N)n2c(s/c(=C\c3ccccc3F)c2=O)=C(C(=O)Nc2cccc([N+](=O)[O-])c2)C1c1ccccc1F. The minimum Gasteiger partial charge on any atom is -0.463 e. The van der Waals surface area contributed by atoms with Gasteiger partial charge in [-0.05, 0) is 31.2 Å². The fourth-order valence-electron chi connectivity index (χ4n) is 4.73. The second-order valence-corrected chi connectivity index (χ2v) is 10.3. The molecule has 1 unspecified atom stereocenters. The summed E-state index contributed by atoms with van der Waals surface area (Å²) in [5.41, 5.74) is 4.77. The number of hydrogen-bond donors (Lipinski definition) is 2. The van der Waals surface area contributed by atoms with Gasteiger partial charge in [0.25, 0.3) is 17.2 Å². The Morgan fingerprint density at radius 2 is 1.77 bits per heavy atom. The van der Waals surface area contributed by atoms with E-state index in [0.717, 1.165) is 28.0 Å². The van der Waals surface area contributed by atoms with Gasteiger partial charge in [-0.15, -0.1) is 11.3 Å². The lowest BCUT2D eigenvalue weighted by molar-refractivity contribution is -0.384. The Hall–Kier alpha value is -5.43. The number of carbonyl (C=O) groups excluding carboxylic acids is 2. The van der Waals surface area contributed by atoms with Gasteiger partial charge in [-0.1, -0.05) is 42.5 Å². The van der Waals surface area contributed by atoms with Crippen LogP contribution in [-0.4, -0.2) is 28.0 Å². The van der Waals surface area contributed by atoms with Crippen LogP contribution in [0.1, 0.15) is 24.0 Å². The zero-order chi connectivity index (χ0) is 30.8. The number of anilines is 1. The smallest absolute Gasteiger partial charge is 0.338 e. The molecule has 3 aromatic carbocycles. The lowest BCUT2D eigenvalue weighted by Gasteiger charge is -2.27. The maximum Gasteiger partial charge on any atom is 0.338 e. The van der Waals surface area contributed by atoms with Gasteiger partial charge < -0.3 is 15.8 Å². The van der Waals surface area contributed by atoms with Crippen LogP contribution in [0, 0.1) is 21.7 Å². The number of non-ortho nitro benzene ring substituents is 1. The lowest BCUT2D eigenvalue weighted by Crippen LogP contribution is -2.42. The van der Waals surface area contributed by atoms with Crippen LogP contribution >= 0.6 is 11.3 Å². The summed E-state index contributed by atoms with van der Waals surface area (Å²) in [7, 11) is 0. The number of fused-ring (bicyclic) bond motifs is 1. The highest BCUT2D eigenvalue weighted by molar-refractivity contribution is 7.07. The standard InChI is InChI=1S/C30H22F2N4O6S/c1-2-42-30(39)24-23(19-11-4-6-13-21(19)32)25(27(37)34-17-9-7-10-18(15-17)36(40)41)29-35(26(24)33)28(38)22(43-29)14-16-8-3-5-12-20(16)31/h3-15,23H,2,33H2,1H3,(H,34,37)/b22-14-. The number of nitro benzene ring substituents is 1. The summed E-state index contributed by atoms with van der Waals surface area (Å²) in [5.74, 6) is -5.09. The van der Waals surface area contributed by atoms with Crippen LogP contribution < -0.4 is 25.8 Å². The van der Waals surface area contributed by atoms with Crippen LogP contribution in [0.4, 0.5) is 20.2 Å². The van der Waals surface area contributed by atoms with Crippen molar-refractivity contribution in [3.63, 3.8) is 0 Å². The van der Waals surface area contributed by atoms with Crippen molar-refractivity contribution in [2.45, 2.75) is 12.8 Å². The molecule has 0 bridgehead atoms. The first-order valence-corrected chi connectivity index (χ1v) is 13.6. The molecule has 1 aromatic heterocycles. The van der Waals surface area contributed by atoms with Crippen molar-refractivity contribution in [3.05, 3.63) is 131 Å². The molecule has 0 fully saturated rings. The number of amides is 1. The van der Waals surface area contributed by atoms with E-state index in [2.05, 4.69) is 5.32 Å². The number of hydrogen-bond acceptors (Lipinski definition) is 8. The molecule has 218 valence electrons. The predicted octanol–water partition coefficient (Wildman–Crippen LogP) is 3.20. The number of rotatable bonds is 7. The number of carbonyl (C=O) groups is 2. The number of nitrogens with zero attached hydrogens (tertiary/aromatic N) is 2. The van der Waals surface area contributed by atoms with Gasteiger partial charge in [-0.25, -0.2) is 13.6 Å². The van der Waals surface area contributed by atoms with Crippen molar-refractivity contribution in [2.75, 3.05) is 11.9 Å². The average Bonchev–Trinajstić information content (AvgIpc) is 3.30. The second kappa shape index (κ2) is 11.8. The summed E-state index contributed by atoms with van der Waals surface area (Å²) in [6.07, 6.45) is 1.28. The number of benzene rings is 3. The zero-order valence-electron chi connectivity index (χ0n) is 22.4. The van der Waals surface area contributed by atoms with Gasteiger partial charge in [0.1, 0.15) is 22.1 Å². The van der Waals surface area contributed by atoms with Crippen molar-refractivity contribution >= 4 is 52.1 Å². The first-order valence-electron chi connectivity index (χ1n) is 12.8. The largest absolute Gasteiger partial charge is 0.463 e. The molecule has 0 radical (unpaired) electrons. The third kappa shape index (κ3) is 5.45. The third-order valence-corrected chi connectivity index (χ3v) is 7.72. The van der Waals surface area contributed by atoms with Gasteiger partial charge in [0.05, 0.1) is 33.1 Å². The summed E-state index contributed by atoms with van der Waals surface area (Å²) in [4.78, 5) is 51.7. The summed E-state index contributed by atoms with van der Waals surface area (Å²) < 4.78 is 35.9. The van der Waals surface area contributed by atoms with E-state index in [9.17, 15) is 28.9 Å². The van der Waals surface area contributed by atoms with Gasteiger partial charge in [-0.3, -0.25) is 24.3 Å². The Kier molecular flexibility index (Phi) is 7.99. The average molecular weight is 605 g/mol. The fraction of sp³-hybridized carbons (Fsp3) is 0.100. The molecule has 10 nitrogen and oxygen atoms in total. The van der Waals surface area contributed by atoms with Gasteiger partial charge in [0.2, 0.25) is 0 Å². The van der Waals surface area contributed by atoms with E-state index >= 15 is 4.39 Å². The minimum atomic E-state index is -1.45. The van der Waals surface area contributed by atoms with E-state index in [-0.39, 0.29) is 55.3 Å². The Morgan fingerprint density at radius 3 is 2.44 bits per heavy atom. The molecule has 0 aliphatic carbocycles. The third-order valence-electron chi connectivity index (χ3n) is 6.61. The molecule has 13 heteroatoms. The molecule has 2 heterocycles. The van der Waals surface area contributed by atoms with Gasteiger partial charge in [0.15, 0.2) is 0 Å². The normalized spacial score (nSPS) is 14.8.